The van der Waals surface area contributed by atoms with Crippen molar-refractivity contribution < 1.29 is 13.5 Å². The number of imidazole rings is 1. The van der Waals surface area contributed by atoms with Gasteiger partial charge in [-0.3, -0.25) is 4.99 Å². The topological polar surface area (TPSA) is 63.5 Å². The van der Waals surface area contributed by atoms with Crippen molar-refractivity contribution in [2.24, 2.45) is 10.9 Å². The number of aromatic nitrogens is 2. The van der Waals surface area contributed by atoms with Crippen LogP contribution in [-0.2, 0) is 19.6 Å². The number of hydrogen-bond donors (Lipinski definition) is 2. The number of hydrogen-bond acceptors (Lipinski definition) is 3. The Bertz CT molecular complexity index is 811. The molecule has 1 aromatic heterocycles. The van der Waals surface area contributed by atoms with Crippen LogP contribution in [0.4, 0.5) is 8.78 Å². The van der Waals surface area contributed by atoms with Crippen LogP contribution in [0.5, 0.6) is 5.75 Å². The van der Waals surface area contributed by atoms with Gasteiger partial charge >= 0.3 is 6.61 Å². The molecule has 2 aromatic rings. The minimum atomic E-state index is -2.99. The number of nitrogens with zero attached hydrogens (tertiary/aromatic N) is 3. The molecule has 6 nitrogen and oxygen atoms in total. The molecule has 2 rings (SSSR count). The van der Waals surface area contributed by atoms with Crippen LogP contribution in [0.1, 0.15) is 25.2 Å². The van der Waals surface area contributed by atoms with Crippen molar-refractivity contribution in [3.63, 3.8) is 0 Å². The summed E-state index contributed by atoms with van der Waals surface area (Å²) in [5, 5.41) is 6.52. The Kier molecular flexibility index (Phi) is 8.32. The van der Waals surface area contributed by atoms with E-state index >= 15 is 0 Å². The van der Waals surface area contributed by atoms with Crippen LogP contribution >= 0.6 is 23.2 Å². The third-order valence-corrected chi connectivity index (χ3v) is 4.24. The SMILES string of the molecule is CN=C(NCc1cc(Cl)cc(Cl)c1OC(F)F)NCc1nccn1CC(C)C. The van der Waals surface area contributed by atoms with Crippen molar-refractivity contribution in [1.82, 2.24) is 20.2 Å². The van der Waals surface area contributed by atoms with E-state index in [1.165, 1.54) is 12.1 Å². The van der Waals surface area contributed by atoms with E-state index in [4.69, 9.17) is 23.2 Å². The number of rotatable bonds is 8. The normalized spacial score (nSPS) is 12.0. The molecule has 28 heavy (non-hydrogen) atoms. The van der Waals surface area contributed by atoms with E-state index in [0.29, 0.717) is 29.0 Å². The fourth-order valence-corrected chi connectivity index (χ4v) is 3.18. The van der Waals surface area contributed by atoms with Gasteiger partial charge in [0, 0.05) is 43.1 Å². The number of aliphatic imine (C=N–C) groups is 1. The zero-order chi connectivity index (χ0) is 20.7. The number of alkyl halides is 2. The lowest BCUT2D eigenvalue weighted by Gasteiger charge is -2.16. The summed E-state index contributed by atoms with van der Waals surface area (Å²) in [6, 6.07) is 2.87. The van der Waals surface area contributed by atoms with Gasteiger partial charge in [-0.05, 0) is 18.1 Å². The fraction of sp³-hybridized carbons (Fsp3) is 0.444. The van der Waals surface area contributed by atoms with Crippen LogP contribution in [0.15, 0.2) is 29.5 Å². The van der Waals surface area contributed by atoms with Gasteiger partial charge in [0.1, 0.15) is 11.6 Å². The molecule has 154 valence electrons. The number of guanidine groups is 1. The zero-order valence-electron chi connectivity index (χ0n) is 15.8. The molecule has 0 amide bonds. The summed E-state index contributed by atoms with van der Waals surface area (Å²) in [4.78, 5) is 8.47. The van der Waals surface area contributed by atoms with Gasteiger partial charge in [0.05, 0.1) is 11.6 Å². The maximum atomic E-state index is 12.7. The first-order valence-corrected chi connectivity index (χ1v) is 9.43. The van der Waals surface area contributed by atoms with Crippen molar-refractivity contribution in [2.75, 3.05) is 7.05 Å². The van der Waals surface area contributed by atoms with Crippen molar-refractivity contribution in [1.29, 1.82) is 0 Å². The second-order valence-corrected chi connectivity index (χ2v) is 7.27. The Morgan fingerprint density at radius 3 is 2.61 bits per heavy atom. The van der Waals surface area contributed by atoms with Gasteiger partial charge in [0.2, 0.25) is 0 Å². The molecule has 0 atom stereocenters. The molecule has 10 heteroatoms. The maximum Gasteiger partial charge on any atom is 0.387 e. The molecule has 0 aliphatic rings. The van der Waals surface area contributed by atoms with E-state index in [-0.39, 0.29) is 17.3 Å². The van der Waals surface area contributed by atoms with E-state index < -0.39 is 6.61 Å². The van der Waals surface area contributed by atoms with Gasteiger partial charge in [-0.15, -0.1) is 0 Å². The van der Waals surface area contributed by atoms with Gasteiger partial charge in [0.25, 0.3) is 0 Å². The lowest BCUT2D eigenvalue weighted by molar-refractivity contribution is -0.0504. The van der Waals surface area contributed by atoms with Crippen LogP contribution < -0.4 is 15.4 Å². The van der Waals surface area contributed by atoms with Crippen LogP contribution in [-0.4, -0.2) is 29.2 Å². The maximum absolute atomic E-state index is 12.7. The number of benzene rings is 1. The quantitative estimate of drug-likeness (QED) is 0.480. The van der Waals surface area contributed by atoms with E-state index in [1.54, 1.807) is 13.2 Å². The molecule has 0 fully saturated rings. The molecule has 1 aromatic carbocycles. The van der Waals surface area contributed by atoms with Crippen molar-refractivity contribution >= 4 is 29.2 Å². The van der Waals surface area contributed by atoms with E-state index in [9.17, 15) is 8.78 Å². The molecule has 0 bridgehead atoms. The first kappa shape index (κ1) is 22.2. The molecule has 0 spiro atoms. The smallest absolute Gasteiger partial charge is 0.387 e. The number of nitrogens with one attached hydrogen (secondary N) is 2. The minimum absolute atomic E-state index is 0.0169. The molecule has 0 aliphatic carbocycles. The standard InChI is InChI=1S/C18H23Cl2F2N5O/c1-11(2)10-27-5-4-24-15(27)9-26-18(23-3)25-8-12-6-13(19)7-14(20)16(12)28-17(21)22/h4-7,11,17H,8-10H2,1-3H3,(H2,23,25,26). The van der Waals surface area contributed by atoms with Crippen LogP contribution in [0.3, 0.4) is 0 Å². The predicted octanol–water partition coefficient (Wildman–Crippen LogP) is 4.31. The highest BCUT2D eigenvalue weighted by atomic mass is 35.5. The minimum Gasteiger partial charge on any atom is -0.433 e. The van der Waals surface area contributed by atoms with E-state index in [2.05, 4.69) is 43.8 Å². The average molecular weight is 434 g/mol. The molecule has 0 aliphatic heterocycles. The molecule has 0 unspecified atom stereocenters. The van der Waals surface area contributed by atoms with Crippen LogP contribution in [0.2, 0.25) is 10.0 Å². The van der Waals surface area contributed by atoms with E-state index in [0.717, 1.165) is 12.4 Å². The second-order valence-electron chi connectivity index (χ2n) is 6.42. The summed E-state index contributed by atoms with van der Waals surface area (Å²) >= 11 is 12.0. The summed E-state index contributed by atoms with van der Waals surface area (Å²) < 4.78 is 31.9. The average Bonchev–Trinajstić information content (AvgIpc) is 3.04. The Balaban J connectivity index is 2.02. The molecular formula is C18H23Cl2F2N5O. The number of halogens is 4. The van der Waals surface area contributed by atoms with Crippen LogP contribution in [0.25, 0.3) is 0 Å². The fourth-order valence-electron chi connectivity index (χ4n) is 2.60. The van der Waals surface area contributed by atoms with Crippen molar-refractivity contribution in [2.45, 2.75) is 40.1 Å². The van der Waals surface area contributed by atoms with Gasteiger partial charge in [-0.25, -0.2) is 4.98 Å². The Morgan fingerprint density at radius 2 is 1.96 bits per heavy atom. The lowest BCUT2D eigenvalue weighted by Crippen LogP contribution is -2.37. The molecule has 1 heterocycles. The largest absolute Gasteiger partial charge is 0.433 e. The zero-order valence-corrected chi connectivity index (χ0v) is 17.4. The summed E-state index contributed by atoms with van der Waals surface area (Å²) in [5.41, 5.74) is 0.391. The first-order valence-electron chi connectivity index (χ1n) is 8.67. The highest BCUT2D eigenvalue weighted by Gasteiger charge is 2.16. The molecule has 0 saturated carbocycles. The second kappa shape index (κ2) is 10.5. The summed E-state index contributed by atoms with van der Waals surface area (Å²) in [6.07, 6.45) is 3.67. The molecule has 0 radical (unpaired) electrons. The first-order chi connectivity index (χ1) is 13.3. The number of ether oxygens (including phenoxy) is 1. The lowest BCUT2D eigenvalue weighted by atomic mass is 10.2. The van der Waals surface area contributed by atoms with Gasteiger partial charge in [0.15, 0.2) is 5.96 Å². The van der Waals surface area contributed by atoms with E-state index in [1.807, 2.05) is 6.20 Å². The van der Waals surface area contributed by atoms with Gasteiger partial charge in [-0.2, -0.15) is 8.78 Å². The third kappa shape index (κ3) is 6.53. The molecule has 2 N–H and O–H groups in total. The van der Waals surface area contributed by atoms with Gasteiger partial charge < -0.3 is 19.9 Å². The third-order valence-electron chi connectivity index (χ3n) is 3.74. The Labute approximate surface area is 172 Å². The monoisotopic (exact) mass is 433 g/mol. The predicted molar refractivity (Wildman–Crippen MR) is 107 cm³/mol. The highest BCUT2D eigenvalue weighted by molar-refractivity contribution is 6.35. The van der Waals surface area contributed by atoms with Gasteiger partial charge in [-0.1, -0.05) is 37.0 Å². The van der Waals surface area contributed by atoms with Crippen LogP contribution in [0, 0.1) is 5.92 Å². The summed E-state index contributed by atoms with van der Waals surface area (Å²) in [5.74, 6) is 1.71. The molecular weight excluding hydrogens is 411 g/mol. The molecule has 0 saturated heterocycles. The van der Waals surface area contributed by atoms with Crippen molar-refractivity contribution in [3.05, 3.63) is 46.0 Å². The highest BCUT2D eigenvalue weighted by Crippen LogP contribution is 2.33. The summed E-state index contributed by atoms with van der Waals surface area (Å²) in [6.45, 7) is 2.73. The Hall–Kier alpha value is -2.06. The summed E-state index contributed by atoms with van der Waals surface area (Å²) in [7, 11) is 1.61. The van der Waals surface area contributed by atoms with Crippen molar-refractivity contribution in [3.8, 4) is 5.75 Å². The Morgan fingerprint density at radius 1 is 1.25 bits per heavy atom.